The number of alkyl halides is 3. The molecular weight excluding hydrogens is 525 g/mol. The smallest absolute Gasteiger partial charge is 0.408 e. The van der Waals surface area contributed by atoms with Gasteiger partial charge in [-0.2, -0.15) is 4.39 Å². The molecule has 0 saturated heterocycles. The maximum atomic E-state index is 13.9. The number of hydrogen-bond acceptors (Lipinski definition) is 7. The van der Waals surface area contributed by atoms with E-state index >= 15 is 0 Å². The molecule has 9 nitrogen and oxygen atoms in total. The summed E-state index contributed by atoms with van der Waals surface area (Å²) in [5, 5.41) is 2.60. The molecule has 1 aliphatic rings. The van der Waals surface area contributed by atoms with Crippen LogP contribution in [0.4, 0.5) is 23.7 Å². The van der Waals surface area contributed by atoms with E-state index in [2.05, 4.69) is 5.32 Å². The van der Waals surface area contributed by atoms with E-state index in [0.717, 1.165) is 0 Å². The van der Waals surface area contributed by atoms with Gasteiger partial charge < -0.3 is 19.7 Å². The number of hydrogen-bond donors (Lipinski definition) is 3. The predicted molar refractivity (Wildman–Crippen MR) is 136 cm³/mol. The van der Waals surface area contributed by atoms with Gasteiger partial charge in [0.05, 0.1) is 12.2 Å². The first kappa shape index (κ1) is 29.1. The Balaban J connectivity index is 1.92. The highest BCUT2D eigenvalue weighted by molar-refractivity contribution is 7.99. The average molecular weight is 555 g/mol. The fraction of sp³-hybridized carbons (Fsp3) is 0.400. The molecule has 1 unspecified atom stereocenters. The van der Waals surface area contributed by atoms with Gasteiger partial charge in [0.2, 0.25) is 0 Å². The average Bonchev–Trinajstić information content (AvgIpc) is 2.95. The monoisotopic (exact) mass is 554 g/mol. The number of alkyl carbamates (subject to hydrolysis) is 1. The van der Waals surface area contributed by atoms with E-state index in [-0.39, 0.29) is 23.6 Å². The van der Waals surface area contributed by atoms with Crippen LogP contribution in [0.2, 0.25) is 0 Å². The van der Waals surface area contributed by atoms with Crippen LogP contribution in [0.1, 0.15) is 43.6 Å². The molecule has 0 bridgehead atoms. The van der Waals surface area contributed by atoms with Crippen molar-refractivity contribution in [3.8, 4) is 5.75 Å². The Hall–Kier alpha value is -3.45. The Morgan fingerprint density at radius 1 is 1.16 bits per heavy atom. The van der Waals surface area contributed by atoms with Gasteiger partial charge in [0.25, 0.3) is 11.8 Å². The molecule has 38 heavy (non-hydrogen) atoms. The lowest BCUT2D eigenvalue weighted by Crippen LogP contribution is -2.50. The third-order valence-electron chi connectivity index (χ3n) is 5.27. The minimum absolute atomic E-state index is 0.0192. The molecule has 0 radical (unpaired) electrons. The van der Waals surface area contributed by atoms with Crippen molar-refractivity contribution < 1.29 is 37.0 Å². The Kier molecular flexibility index (Phi) is 8.82. The number of nitrogens with zero attached hydrogens (tertiary/aromatic N) is 1. The highest BCUT2D eigenvalue weighted by Crippen LogP contribution is 2.36. The van der Waals surface area contributed by atoms with Crippen molar-refractivity contribution in [1.29, 1.82) is 0 Å². The summed E-state index contributed by atoms with van der Waals surface area (Å²) in [4.78, 5) is 40.3. The maximum Gasteiger partial charge on any atom is 0.408 e. The van der Waals surface area contributed by atoms with Crippen molar-refractivity contribution >= 4 is 35.4 Å². The van der Waals surface area contributed by atoms with Gasteiger partial charge in [-0.25, -0.2) is 19.4 Å². The summed E-state index contributed by atoms with van der Waals surface area (Å²) in [7, 11) is 0. The Morgan fingerprint density at radius 2 is 1.82 bits per heavy atom. The molecule has 13 heteroatoms. The third kappa shape index (κ3) is 7.32. The van der Waals surface area contributed by atoms with Crippen LogP contribution in [-0.2, 0) is 16.1 Å². The zero-order valence-electron chi connectivity index (χ0n) is 21.2. The van der Waals surface area contributed by atoms with Crippen LogP contribution in [0.15, 0.2) is 47.4 Å². The summed E-state index contributed by atoms with van der Waals surface area (Å²) in [5.74, 6) is 1.14. The highest BCUT2D eigenvalue weighted by Gasteiger charge is 2.37. The molecular formula is C25H29F3N4O5S. The second-order valence-electron chi connectivity index (χ2n) is 9.62. The van der Waals surface area contributed by atoms with Gasteiger partial charge in [-0.15, -0.1) is 11.8 Å². The van der Waals surface area contributed by atoms with E-state index in [9.17, 15) is 27.6 Å². The number of anilines is 1. The molecule has 2 aromatic carbocycles. The Bertz CT molecular complexity index is 1190. The quantitative estimate of drug-likeness (QED) is 0.267. The minimum atomic E-state index is -3.35. The fourth-order valence-corrected chi connectivity index (χ4v) is 4.52. The number of nitrogens with two attached hydrogens (primary N) is 1. The standard InChI is InChI=1S/C25H29F3N4O5S/c1-24(2,3)37-23(35)30-17-13-38-19-10-7-15(20(33)31-29)11-18(19)32(21(17)34)12-14-5-8-16(9-6-14)36-25(4,28)22(26)27/h5-11,17,22H,12-13,29H2,1-4H3,(H,30,35)(H,31,33)/t17-,25?/m0/s1. The van der Waals surface area contributed by atoms with Gasteiger partial charge in [-0.3, -0.25) is 15.0 Å². The van der Waals surface area contributed by atoms with E-state index < -0.39 is 41.8 Å². The molecule has 4 N–H and O–H groups in total. The van der Waals surface area contributed by atoms with E-state index in [1.54, 1.807) is 32.9 Å². The molecule has 0 aromatic heterocycles. The zero-order valence-corrected chi connectivity index (χ0v) is 22.0. The number of rotatable bonds is 7. The first-order valence-corrected chi connectivity index (χ1v) is 12.5. The first-order chi connectivity index (χ1) is 17.7. The van der Waals surface area contributed by atoms with Gasteiger partial charge in [0.15, 0.2) is 0 Å². The lowest BCUT2D eigenvalue weighted by Gasteiger charge is -2.27. The second-order valence-corrected chi connectivity index (χ2v) is 10.7. The number of carbonyl (C=O) groups excluding carboxylic acids is 3. The summed E-state index contributed by atoms with van der Waals surface area (Å²) in [6, 6.07) is 9.38. The largest absolute Gasteiger partial charge is 0.453 e. The summed E-state index contributed by atoms with van der Waals surface area (Å²) in [6.45, 7) is 5.70. The highest BCUT2D eigenvalue weighted by atomic mass is 32.2. The van der Waals surface area contributed by atoms with E-state index in [1.807, 2.05) is 5.43 Å². The van der Waals surface area contributed by atoms with Crippen molar-refractivity contribution in [2.45, 2.75) is 63.1 Å². The zero-order chi connectivity index (χ0) is 28.3. The Labute approximate surface area is 222 Å². The fourth-order valence-electron chi connectivity index (χ4n) is 3.46. The lowest BCUT2D eigenvalue weighted by molar-refractivity contribution is -0.152. The maximum absolute atomic E-state index is 13.9. The number of benzene rings is 2. The van der Waals surface area contributed by atoms with Crippen molar-refractivity contribution in [2.75, 3.05) is 10.7 Å². The molecule has 0 saturated carbocycles. The number of ether oxygens (including phenoxy) is 2. The van der Waals surface area contributed by atoms with Crippen molar-refractivity contribution in [1.82, 2.24) is 10.7 Å². The molecule has 2 atom stereocenters. The molecule has 1 heterocycles. The van der Waals surface area contributed by atoms with Crippen LogP contribution >= 0.6 is 11.8 Å². The summed E-state index contributed by atoms with van der Waals surface area (Å²) < 4.78 is 49.6. The molecule has 1 aliphatic heterocycles. The summed E-state index contributed by atoms with van der Waals surface area (Å²) in [6.07, 6.45) is -4.11. The number of nitrogens with one attached hydrogen (secondary N) is 2. The third-order valence-corrected chi connectivity index (χ3v) is 6.43. The van der Waals surface area contributed by atoms with E-state index in [0.29, 0.717) is 23.1 Å². The molecule has 0 fully saturated rings. The van der Waals surface area contributed by atoms with Crippen molar-refractivity contribution in [2.24, 2.45) is 5.84 Å². The Morgan fingerprint density at radius 3 is 2.39 bits per heavy atom. The summed E-state index contributed by atoms with van der Waals surface area (Å²) in [5.41, 5.74) is 2.44. The van der Waals surface area contributed by atoms with Crippen LogP contribution < -0.4 is 26.2 Å². The number of carbonyl (C=O) groups is 3. The van der Waals surface area contributed by atoms with Crippen LogP contribution in [0.3, 0.4) is 0 Å². The molecule has 3 amide bonds. The predicted octanol–water partition coefficient (Wildman–Crippen LogP) is 4.15. The molecule has 0 aliphatic carbocycles. The number of fused-ring (bicyclic) bond motifs is 1. The van der Waals surface area contributed by atoms with Crippen LogP contribution in [0.5, 0.6) is 5.75 Å². The van der Waals surface area contributed by atoms with Gasteiger partial charge in [0, 0.05) is 23.1 Å². The van der Waals surface area contributed by atoms with Gasteiger partial charge in [-0.1, -0.05) is 12.1 Å². The first-order valence-electron chi connectivity index (χ1n) is 11.5. The number of hydrazine groups is 1. The van der Waals surface area contributed by atoms with E-state index in [1.165, 1.54) is 47.0 Å². The number of halogens is 3. The topological polar surface area (TPSA) is 123 Å². The SMILES string of the molecule is CC(C)(C)OC(=O)N[C@H]1CSc2ccc(C(=O)NN)cc2N(Cc2ccc(OC(C)(F)C(F)F)cc2)C1=O. The molecule has 206 valence electrons. The van der Waals surface area contributed by atoms with E-state index in [4.69, 9.17) is 15.3 Å². The number of amides is 3. The van der Waals surface area contributed by atoms with Gasteiger partial charge in [-0.05, 0) is 56.7 Å². The van der Waals surface area contributed by atoms with Gasteiger partial charge in [0.1, 0.15) is 17.4 Å². The van der Waals surface area contributed by atoms with Crippen molar-refractivity contribution in [3.05, 3.63) is 53.6 Å². The molecule has 2 aromatic rings. The van der Waals surface area contributed by atoms with Gasteiger partial charge >= 0.3 is 18.4 Å². The minimum Gasteiger partial charge on any atom is -0.453 e. The van der Waals surface area contributed by atoms with Crippen LogP contribution in [0.25, 0.3) is 0 Å². The lowest BCUT2D eigenvalue weighted by atomic mass is 10.1. The molecule has 3 rings (SSSR count). The second kappa shape index (κ2) is 11.5. The normalized spacial score (nSPS) is 17.2. The van der Waals surface area contributed by atoms with Crippen molar-refractivity contribution in [3.63, 3.8) is 0 Å². The number of thioether (sulfide) groups is 1. The van der Waals surface area contributed by atoms with Crippen LogP contribution in [0, 0.1) is 0 Å². The van der Waals surface area contributed by atoms with Crippen LogP contribution in [-0.4, -0.2) is 47.6 Å². The number of nitrogen functional groups attached to an aromatic ring is 1. The summed E-state index contributed by atoms with van der Waals surface area (Å²) >= 11 is 1.31. The molecule has 0 spiro atoms.